The van der Waals surface area contributed by atoms with Crippen molar-refractivity contribution in [3.05, 3.63) is 35.4 Å². The number of hydrogen-bond acceptors (Lipinski definition) is 2. The summed E-state index contributed by atoms with van der Waals surface area (Å²) in [5, 5.41) is 4.81. The molecule has 2 atom stereocenters. The summed E-state index contributed by atoms with van der Waals surface area (Å²) >= 11 is 2.15. The number of fused-ring (bicyclic) bond motifs is 1. The smallest absolute Gasteiger partial charge is 0.0151 e. The third-order valence-electron chi connectivity index (χ3n) is 4.31. The Morgan fingerprint density at radius 1 is 1.11 bits per heavy atom. The minimum Gasteiger partial charge on any atom is -0.311 e. The van der Waals surface area contributed by atoms with E-state index < -0.39 is 0 Å². The van der Waals surface area contributed by atoms with Crippen LogP contribution in [0.2, 0.25) is 0 Å². The quantitative estimate of drug-likeness (QED) is 0.891. The van der Waals surface area contributed by atoms with E-state index in [1.807, 2.05) is 0 Å². The fourth-order valence-corrected chi connectivity index (χ4v) is 4.63. The third-order valence-corrected chi connectivity index (χ3v) is 5.54. The Morgan fingerprint density at radius 3 is 2.50 bits per heavy atom. The van der Waals surface area contributed by atoms with Crippen LogP contribution in [-0.4, -0.2) is 23.1 Å². The molecule has 0 bridgehead atoms. The van der Waals surface area contributed by atoms with Gasteiger partial charge in [-0.05, 0) is 49.0 Å². The molecule has 2 heteroatoms. The number of thioether (sulfide) groups is 1. The van der Waals surface area contributed by atoms with E-state index in [1.54, 1.807) is 11.1 Å². The van der Waals surface area contributed by atoms with Gasteiger partial charge in [-0.2, -0.15) is 11.8 Å². The monoisotopic (exact) mass is 261 g/mol. The molecule has 1 fully saturated rings. The minimum absolute atomic E-state index is 0.692. The standard InChI is InChI=1S/C16H23NS/c1-2-18-16-8-7-14(11-16)17-15-9-12-5-3-4-6-13(12)10-15/h3-6,14-17H,2,7-11H2,1H3. The molecule has 2 aliphatic carbocycles. The lowest BCUT2D eigenvalue weighted by Crippen LogP contribution is -2.37. The highest BCUT2D eigenvalue weighted by Gasteiger charge is 2.28. The van der Waals surface area contributed by atoms with Crippen molar-refractivity contribution < 1.29 is 0 Å². The summed E-state index contributed by atoms with van der Waals surface area (Å²) in [4.78, 5) is 0. The predicted molar refractivity (Wildman–Crippen MR) is 80.3 cm³/mol. The molecule has 0 heterocycles. The fourth-order valence-electron chi connectivity index (χ4n) is 3.49. The fraction of sp³-hybridized carbons (Fsp3) is 0.625. The van der Waals surface area contributed by atoms with Crippen LogP contribution in [-0.2, 0) is 12.8 Å². The highest BCUT2D eigenvalue weighted by molar-refractivity contribution is 7.99. The maximum absolute atomic E-state index is 3.90. The van der Waals surface area contributed by atoms with Crippen LogP contribution in [0.5, 0.6) is 0 Å². The van der Waals surface area contributed by atoms with Crippen molar-refractivity contribution in [1.82, 2.24) is 5.32 Å². The van der Waals surface area contributed by atoms with Gasteiger partial charge in [0, 0.05) is 17.3 Å². The molecule has 2 unspecified atom stereocenters. The van der Waals surface area contributed by atoms with Gasteiger partial charge in [0.1, 0.15) is 0 Å². The Hall–Kier alpha value is -0.470. The number of rotatable bonds is 4. The first kappa shape index (κ1) is 12.6. The van der Waals surface area contributed by atoms with Crippen LogP contribution in [0.15, 0.2) is 24.3 Å². The second kappa shape index (κ2) is 5.66. The average Bonchev–Trinajstić information content (AvgIpc) is 2.96. The van der Waals surface area contributed by atoms with Gasteiger partial charge >= 0.3 is 0 Å². The highest BCUT2D eigenvalue weighted by Crippen LogP contribution is 2.31. The largest absolute Gasteiger partial charge is 0.311 e. The molecule has 98 valence electrons. The van der Waals surface area contributed by atoms with E-state index in [0.717, 1.165) is 11.3 Å². The lowest BCUT2D eigenvalue weighted by molar-refractivity contribution is 0.441. The van der Waals surface area contributed by atoms with Crippen LogP contribution in [0.3, 0.4) is 0 Å². The van der Waals surface area contributed by atoms with E-state index in [0.29, 0.717) is 6.04 Å². The van der Waals surface area contributed by atoms with Crippen molar-refractivity contribution in [1.29, 1.82) is 0 Å². The van der Waals surface area contributed by atoms with Crippen LogP contribution in [0.25, 0.3) is 0 Å². The highest BCUT2D eigenvalue weighted by atomic mass is 32.2. The van der Waals surface area contributed by atoms with Gasteiger partial charge in [-0.25, -0.2) is 0 Å². The lowest BCUT2D eigenvalue weighted by Gasteiger charge is -2.18. The molecular formula is C16H23NS. The van der Waals surface area contributed by atoms with Gasteiger partial charge in [0.15, 0.2) is 0 Å². The van der Waals surface area contributed by atoms with Gasteiger partial charge in [0.2, 0.25) is 0 Å². The molecule has 0 aromatic heterocycles. The van der Waals surface area contributed by atoms with E-state index in [-0.39, 0.29) is 0 Å². The summed E-state index contributed by atoms with van der Waals surface area (Å²) < 4.78 is 0. The molecule has 1 aromatic carbocycles. The van der Waals surface area contributed by atoms with Crippen LogP contribution in [0.1, 0.15) is 37.3 Å². The van der Waals surface area contributed by atoms with E-state index >= 15 is 0 Å². The maximum atomic E-state index is 3.90. The summed E-state index contributed by atoms with van der Waals surface area (Å²) in [6.07, 6.45) is 6.64. The summed E-state index contributed by atoms with van der Waals surface area (Å²) in [5.74, 6) is 1.27. The number of nitrogens with one attached hydrogen (secondary N) is 1. The van der Waals surface area contributed by atoms with Crippen molar-refractivity contribution >= 4 is 11.8 Å². The molecule has 1 aromatic rings. The zero-order valence-electron chi connectivity index (χ0n) is 11.2. The first-order chi connectivity index (χ1) is 8.85. The molecule has 18 heavy (non-hydrogen) atoms. The van der Waals surface area contributed by atoms with Gasteiger partial charge in [-0.3, -0.25) is 0 Å². The zero-order valence-corrected chi connectivity index (χ0v) is 12.0. The normalized spacial score (nSPS) is 27.6. The summed E-state index contributed by atoms with van der Waals surface area (Å²) in [6, 6.07) is 10.4. The second-order valence-corrected chi connectivity index (χ2v) is 7.21. The second-order valence-electron chi connectivity index (χ2n) is 5.63. The van der Waals surface area contributed by atoms with Crippen molar-refractivity contribution in [2.24, 2.45) is 0 Å². The first-order valence-electron chi connectivity index (χ1n) is 7.29. The van der Waals surface area contributed by atoms with Crippen molar-refractivity contribution in [3.8, 4) is 0 Å². The molecule has 0 aliphatic heterocycles. The van der Waals surface area contributed by atoms with Crippen LogP contribution < -0.4 is 5.32 Å². The van der Waals surface area contributed by atoms with Gasteiger partial charge in [0.05, 0.1) is 0 Å². The minimum atomic E-state index is 0.692. The zero-order chi connectivity index (χ0) is 12.4. The lowest BCUT2D eigenvalue weighted by atomic mass is 10.1. The average molecular weight is 261 g/mol. The van der Waals surface area contributed by atoms with Crippen LogP contribution in [0, 0.1) is 0 Å². The van der Waals surface area contributed by atoms with Gasteiger partial charge in [0.25, 0.3) is 0 Å². The molecule has 0 radical (unpaired) electrons. The Labute approximate surface area is 115 Å². The number of hydrogen-bond donors (Lipinski definition) is 1. The van der Waals surface area contributed by atoms with Gasteiger partial charge in [-0.15, -0.1) is 0 Å². The molecule has 1 nitrogen and oxygen atoms in total. The summed E-state index contributed by atoms with van der Waals surface area (Å²) in [6.45, 7) is 2.28. The Kier molecular flexibility index (Phi) is 3.95. The van der Waals surface area contributed by atoms with Crippen molar-refractivity contribution in [2.45, 2.75) is 56.4 Å². The van der Waals surface area contributed by atoms with Crippen LogP contribution in [0.4, 0.5) is 0 Å². The summed E-state index contributed by atoms with van der Waals surface area (Å²) in [7, 11) is 0. The van der Waals surface area contributed by atoms with Crippen LogP contribution >= 0.6 is 11.8 Å². The van der Waals surface area contributed by atoms with E-state index in [9.17, 15) is 0 Å². The van der Waals surface area contributed by atoms with Crippen molar-refractivity contribution in [2.75, 3.05) is 5.75 Å². The molecule has 1 N–H and O–H groups in total. The summed E-state index contributed by atoms with van der Waals surface area (Å²) in [5.41, 5.74) is 3.12. The molecular weight excluding hydrogens is 238 g/mol. The molecule has 1 saturated carbocycles. The number of benzene rings is 1. The Balaban J connectivity index is 1.51. The molecule has 3 rings (SSSR count). The SMILES string of the molecule is CCSC1CCC(NC2Cc3ccccc3C2)C1. The Morgan fingerprint density at radius 2 is 1.83 bits per heavy atom. The third kappa shape index (κ3) is 2.75. The van der Waals surface area contributed by atoms with Gasteiger partial charge < -0.3 is 5.32 Å². The van der Waals surface area contributed by atoms with E-state index in [2.05, 4.69) is 48.3 Å². The van der Waals surface area contributed by atoms with Crippen molar-refractivity contribution in [3.63, 3.8) is 0 Å². The predicted octanol–water partition coefficient (Wildman–Crippen LogP) is 3.42. The van der Waals surface area contributed by atoms with Gasteiger partial charge in [-0.1, -0.05) is 31.2 Å². The topological polar surface area (TPSA) is 12.0 Å². The molecule has 2 aliphatic rings. The Bertz CT molecular complexity index is 379. The molecule has 0 spiro atoms. The first-order valence-corrected chi connectivity index (χ1v) is 8.34. The molecule has 0 amide bonds. The maximum Gasteiger partial charge on any atom is 0.0151 e. The van der Waals surface area contributed by atoms with E-state index in [1.165, 1.54) is 37.9 Å². The van der Waals surface area contributed by atoms with E-state index in [4.69, 9.17) is 0 Å². The molecule has 0 saturated heterocycles.